The molecule has 1 saturated carbocycles. The van der Waals surface area contributed by atoms with Gasteiger partial charge in [-0.2, -0.15) is 5.10 Å². The Kier molecular flexibility index (Phi) is 5.24. The van der Waals surface area contributed by atoms with Gasteiger partial charge in [-0.25, -0.2) is 13.9 Å². The molecule has 1 aromatic heterocycles. The van der Waals surface area contributed by atoms with Crippen molar-refractivity contribution in [3.05, 3.63) is 48.4 Å². The molecule has 1 aliphatic rings. The zero-order chi connectivity index (χ0) is 20.4. The SMILES string of the molecule is C[C@@H](COc1ccc(-n2cc3ccc(OCC4CC4)c(F)c3n2)cc1)NC(=O)O. The number of carboxylic acid groups (broad SMARTS) is 1. The minimum absolute atomic E-state index is 0.214. The molecule has 2 N–H and O–H groups in total. The van der Waals surface area contributed by atoms with E-state index in [1.165, 1.54) is 0 Å². The van der Waals surface area contributed by atoms with Gasteiger partial charge in [-0.3, -0.25) is 0 Å². The highest BCUT2D eigenvalue weighted by Crippen LogP contribution is 2.32. The van der Waals surface area contributed by atoms with Crippen molar-refractivity contribution in [2.45, 2.75) is 25.8 Å². The summed E-state index contributed by atoms with van der Waals surface area (Å²) in [7, 11) is 0. The highest BCUT2D eigenvalue weighted by Gasteiger charge is 2.23. The van der Waals surface area contributed by atoms with E-state index in [2.05, 4.69) is 10.4 Å². The highest BCUT2D eigenvalue weighted by atomic mass is 19.1. The lowest BCUT2D eigenvalue weighted by molar-refractivity contribution is 0.183. The first-order valence-electron chi connectivity index (χ1n) is 9.53. The maximum Gasteiger partial charge on any atom is 0.404 e. The molecule has 0 saturated heterocycles. The number of aromatic nitrogens is 2. The third-order valence-corrected chi connectivity index (χ3v) is 4.72. The second-order valence-corrected chi connectivity index (χ2v) is 7.30. The van der Waals surface area contributed by atoms with Gasteiger partial charge in [-0.1, -0.05) is 0 Å². The van der Waals surface area contributed by atoms with Crippen LogP contribution in [0.1, 0.15) is 19.8 Å². The van der Waals surface area contributed by atoms with Crippen molar-refractivity contribution in [2.24, 2.45) is 5.92 Å². The Morgan fingerprint density at radius 1 is 1.28 bits per heavy atom. The second-order valence-electron chi connectivity index (χ2n) is 7.30. The number of amides is 1. The lowest BCUT2D eigenvalue weighted by Gasteiger charge is -2.13. The standard InChI is InChI=1S/C21H22FN3O4/c1-13(23-21(26)27)11-28-17-7-5-16(6-8-17)25-10-15-4-9-18(19(22)20(15)24-25)29-12-14-2-3-14/h4-10,13-14,23H,2-3,11-12H2,1H3,(H,26,27)/t13-/m0/s1. The third kappa shape index (κ3) is 4.59. The van der Waals surface area contributed by atoms with Crippen molar-refractivity contribution in [3.63, 3.8) is 0 Å². The molecule has 1 atom stereocenters. The van der Waals surface area contributed by atoms with Crippen molar-refractivity contribution >= 4 is 17.0 Å². The average molecular weight is 399 g/mol. The molecule has 29 heavy (non-hydrogen) atoms. The second kappa shape index (κ2) is 7.98. The van der Waals surface area contributed by atoms with E-state index >= 15 is 0 Å². The zero-order valence-corrected chi connectivity index (χ0v) is 16.0. The highest BCUT2D eigenvalue weighted by molar-refractivity contribution is 5.81. The number of hydrogen-bond donors (Lipinski definition) is 2. The predicted octanol–water partition coefficient (Wildman–Crippen LogP) is 3.99. The smallest absolute Gasteiger partial charge is 0.404 e. The summed E-state index contributed by atoms with van der Waals surface area (Å²) in [6.45, 7) is 2.48. The van der Waals surface area contributed by atoms with E-state index < -0.39 is 11.9 Å². The maximum atomic E-state index is 14.7. The molecule has 1 amide bonds. The molecule has 2 aromatic carbocycles. The lowest BCUT2D eigenvalue weighted by atomic mass is 10.2. The van der Waals surface area contributed by atoms with Crippen LogP contribution in [-0.4, -0.2) is 40.2 Å². The van der Waals surface area contributed by atoms with E-state index in [9.17, 15) is 9.18 Å². The van der Waals surface area contributed by atoms with Crippen LogP contribution in [0, 0.1) is 11.7 Å². The summed E-state index contributed by atoms with van der Waals surface area (Å²) in [6.07, 6.45) is 2.97. The van der Waals surface area contributed by atoms with Gasteiger partial charge in [0.05, 0.1) is 18.3 Å². The normalized spacial score (nSPS) is 14.6. The van der Waals surface area contributed by atoms with E-state index in [0.717, 1.165) is 18.5 Å². The van der Waals surface area contributed by atoms with Gasteiger partial charge in [0, 0.05) is 11.6 Å². The molecule has 0 radical (unpaired) electrons. The van der Waals surface area contributed by atoms with Crippen LogP contribution < -0.4 is 14.8 Å². The fourth-order valence-corrected chi connectivity index (χ4v) is 2.94. The fourth-order valence-electron chi connectivity index (χ4n) is 2.94. The first kappa shape index (κ1) is 19.0. The van der Waals surface area contributed by atoms with Crippen LogP contribution >= 0.6 is 0 Å². The van der Waals surface area contributed by atoms with Crippen LogP contribution in [0.15, 0.2) is 42.6 Å². The molecule has 1 heterocycles. The molecular weight excluding hydrogens is 377 g/mol. The molecule has 4 rings (SSSR count). The van der Waals surface area contributed by atoms with Crippen LogP contribution in [0.5, 0.6) is 11.5 Å². The molecule has 3 aromatic rings. The lowest BCUT2D eigenvalue weighted by Crippen LogP contribution is -2.35. The summed E-state index contributed by atoms with van der Waals surface area (Å²) in [5.74, 6) is 0.946. The Morgan fingerprint density at radius 2 is 2.03 bits per heavy atom. The first-order valence-corrected chi connectivity index (χ1v) is 9.53. The van der Waals surface area contributed by atoms with Crippen molar-refractivity contribution < 1.29 is 23.8 Å². The van der Waals surface area contributed by atoms with Crippen molar-refractivity contribution in [2.75, 3.05) is 13.2 Å². The molecule has 0 unspecified atom stereocenters. The molecule has 152 valence electrons. The number of halogens is 1. The summed E-state index contributed by atoms with van der Waals surface area (Å²) in [5.41, 5.74) is 1.03. The predicted molar refractivity (Wildman–Crippen MR) is 105 cm³/mol. The molecule has 1 fully saturated rings. The summed E-state index contributed by atoms with van der Waals surface area (Å²) < 4.78 is 27.5. The molecule has 0 bridgehead atoms. The number of benzene rings is 2. The van der Waals surface area contributed by atoms with Gasteiger partial charge in [-0.15, -0.1) is 0 Å². The average Bonchev–Trinajstić information content (AvgIpc) is 3.42. The van der Waals surface area contributed by atoms with Crippen LogP contribution in [0.25, 0.3) is 16.6 Å². The Hall–Kier alpha value is -3.29. The van der Waals surface area contributed by atoms with E-state index in [1.54, 1.807) is 54.2 Å². The Morgan fingerprint density at radius 3 is 2.72 bits per heavy atom. The quantitative estimate of drug-likeness (QED) is 0.598. The minimum Gasteiger partial charge on any atom is -0.491 e. The van der Waals surface area contributed by atoms with Gasteiger partial charge >= 0.3 is 6.09 Å². The number of carbonyl (C=O) groups is 1. The molecular formula is C21H22FN3O4. The van der Waals surface area contributed by atoms with Crippen LogP contribution in [-0.2, 0) is 0 Å². The van der Waals surface area contributed by atoms with E-state index in [0.29, 0.717) is 23.7 Å². The minimum atomic E-state index is -1.09. The number of rotatable bonds is 8. The van der Waals surface area contributed by atoms with Crippen LogP contribution in [0.3, 0.4) is 0 Å². The topological polar surface area (TPSA) is 85.6 Å². The Labute approximate surface area is 167 Å². The van der Waals surface area contributed by atoms with Gasteiger partial charge in [0.1, 0.15) is 17.9 Å². The third-order valence-electron chi connectivity index (χ3n) is 4.72. The number of nitrogens with one attached hydrogen (secondary N) is 1. The molecule has 0 spiro atoms. The number of fused-ring (bicyclic) bond motifs is 1. The monoisotopic (exact) mass is 399 g/mol. The van der Waals surface area contributed by atoms with Crippen molar-refractivity contribution in [3.8, 4) is 17.2 Å². The van der Waals surface area contributed by atoms with Gasteiger partial charge < -0.3 is 19.9 Å². The van der Waals surface area contributed by atoms with Gasteiger partial charge in [0.2, 0.25) is 0 Å². The summed E-state index contributed by atoms with van der Waals surface area (Å²) in [6, 6.07) is 10.2. The molecule has 7 nitrogen and oxygen atoms in total. The van der Waals surface area contributed by atoms with Crippen LogP contribution in [0.4, 0.5) is 9.18 Å². The molecule has 0 aliphatic heterocycles. The molecule has 8 heteroatoms. The largest absolute Gasteiger partial charge is 0.491 e. The van der Waals surface area contributed by atoms with Crippen molar-refractivity contribution in [1.29, 1.82) is 0 Å². The van der Waals surface area contributed by atoms with E-state index in [4.69, 9.17) is 14.6 Å². The van der Waals surface area contributed by atoms with Gasteiger partial charge in [0.15, 0.2) is 11.6 Å². The van der Waals surface area contributed by atoms with Gasteiger partial charge in [-0.05, 0) is 62.1 Å². The number of ether oxygens (including phenoxy) is 2. The Balaban J connectivity index is 1.46. The number of hydrogen-bond acceptors (Lipinski definition) is 4. The van der Waals surface area contributed by atoms with E-state index in [1.807, 2.05) is 0 Å². The summed E-state index contributed by atoms with van der Waals surface area (Å²) in [4.78, 5) is 10.6. The Bertz CT molecular complexity index is 1010. The summed E-state index contributed by atoms with van der Waals surface area (Å²) in [5, 5.41) is 16.1. The summed E-state index contributed by atoms with van der Waals surface area (Å²) >= 11 is 0. The first-order chi connectivity index (χ1) is 14.0. The van der Waals surface area contributed by atoms with Crippen LogP contribution in [0.2, 0.25) is 0 Å². The molecule has 1 aliphatic carbocycles. The zero-order valence-electron chi connectivity index (χ0n) is 16.0. The number of nitrogens with zero attached hydrogens (tertiary/aromatic N) is 2. The fraction of sp³-hybridized carbons (Fsp3) is 0.333. The van der Waals surface area contributed by atoms with Gasteiger partial charge in [0.25, 0.3) is 0 Å². The van der Waals surface area contributed by atoms with E-state index in [-0.39, 0.29) is 23.9 Å². The van der Waals surface area contributed by atoms with Crippen molar-refractivity contribution in [1.82, 2.24) is 15.1 Å². The maximum absolute atomic E-state index is 14.7.